The fraction of sp³-hybridized carbons (Fsp3) is 0.529. The number of halogens is 2. The van der Waals surface area contributed by atoms with Crippen LogP contribution in [0.4, 0.5) is 8.78 Å². The molecular weight excluding hydrogens is 302 g/mol. The van der Waals surface area contributed by atoms with Crippen LogP contribution in [0.15, 0.2) is 18.2 Å². The summed E-state index contributed by atoms with van der Waals surface area (Å²) in [6.45, 7) is 2.25. The molecule has 2 rings (SSSR count). The molecule has 0 bridgehead atoms. The zero-order valence-electron chi connectivity index (χ0n) is 13.2. The third-order valence-corrected chi connectivity index (χ3v) is 3.90. The summed E-state index contributed by atoms with van der Waals surface area (Å²) in [5.74, 6) is -1.09. The molecular formula is C17H22F2N2O2. The van der Waals surface area contributed by atoms with Crippen LogP contribution < -0.4 is 10.6 Å². The van der Waals surface area contributed by atoms with Gasteiger partial charge in [-0.2, -0.15) is 0 Å². The van der Waals surface area contributed by atoms with Crippen molar-refractivity contribution < 1.29 is 18.4 Å². The predicted octanol–water partition coefficient (Wildman–Crippen LogP) is 2.84. The van der Waals surface area contributed by atoms with Crippen molar-refractivity contribution in [2.75, 3.05) is 6.54 Å². The molecule has 0 radical (unpaired) electrons. The Bertz CT molecular complexity index is 574. The van der Waals surface area contributed by atoms with E-state index in [9.17, 15) is 18.4 Å². The van der Waals surface area contributed by atoms with Crippen molar-refractivity contribution in [2.24, 2.45) is 5.92 Å². The quantitative estimate of drug-likeness (QED) is 0.723. The molecule has 23 heavy (non-hydrogen) atoms. The topological polar surface area (TPSA) is 58.2 Å². The molecule has 0 saturated heterocycles. The smallest absolute Gasteiger partial charge is 0.223 e. The lowest BCUT2D eigenvalue weighted by atomic mass is 10.0. The van der Waals surface area contributed by atoms with Crippen LogP contribution in [0.25, 0.3) is 0 Å². The molecule has 0 aromatic heterocycles. The van der Waals surface area contributed by atoms with Gasteiger partial charge >= 0.3 is 0 Å². The van der Waals surface area contributed by atoms with E-state index in [0.29, 0.717) is 19.4 Å². The Morgan fingerprint density at radius 2 is 2.04 bits per heavy atom. The van der Waals surface area contributed by atoms with E-state index in [0.717, 1.165) is 31.0 Å². The van der Waals surface area contributed by atoms with Gasteiger partial charge in [0.15, 0.2) is 0 Å². The summed E-state index contributed by atoms with van der Waals surface area (Å²) in [6.07, 6.45) is 3.11. The van der Waals surface area contributed by atoms with Gasteiger partial charge in [0.25, 0.3) is 0 Å². The van der Waals surface area contributed by atoms with Crippen LogP contribution in [0.5, 0.6) is 0 Å². The predicted molar refractivity (Wildman–Crippen MR) is 82.5 cm³/mol. The van der Waals surface area contributed by atoms with E-state index < -0.39 is 17.7 Å². The van der Waals surface area contributed by atoms with Gasteiger partial charge < -0.3 is 10.6 Å². The van der Waals surface area contributed by atoms with Crippen molar-refractivity contribution in [1.29, 1.82) is 0 Å². The van der Waals surface area contributed by atoms with Gasteiger partial charge in [-0.05, 0) is 43.9 Å². The van der Waals surface area contributed by atoms with Crippen LogP contribution in [-0.4, -0.2) is 18.4 Å². The van der Waals surface area contributed by atoms with E-state index in [2.05, 4.69) is 10.6 Å². The number of rotatable bonds is 8. The highest BCUT2D eigenvalue weighted by Crippen LogP contribution is 2.28. The van der Waals surface area contributed by atoms with Gasteiger partial charge in [-0.15, -0.1) is 0 Å². The van der Waals surface area contributed by atoms with Gasteiger partial charge in [-0.1, -0.05) is 6.92 Å². The van der Waals surface area contributed by atoms with E-state index in [4.69, 9.17) is 0 Å². The Labute approximate surface area is 134 Å². The Kier molecular flexibility index (Phi) is 6.07. The normalized spacial score (nSPS) is 15.1. The summed E-state index contributed by atoms with van der Waals surface area (Å²) >= 11 is 0. The molecule has 1 fully saturated rings. The lowest BCUT2D eigenvalue weighted by molar-refractivity contribution is -0.124. The number of amides is 2. The number of nitrogens with one attached hydrogen (secondary N) is 2. The molecule has 1 aromatic carbocycles. The lowest BCUT2D eigenvalue weighted by Crippen LogP contribution is -2.30. The first kappa shape index (κ1) is 17.4. The molecule has 4 nitrogen and oxygen atoms in total. The van der Waals surface area contributed by atoms with Gasteiger partial charge in [-0.3, -0.25) is 9.59 Å². The first-order valence-corrected chi connectivity index (χ1v) is 8.03. The molecule has 2 N–H and O–H groups in total. The maximum atomic E-state index is 13.8. The molecule has 0 heterocycles. The minimum Gasteiger partial charge on any atom is -0.356 e. The van der Waals surface area contributed by atoms with E-state index in [-0.39, 0.29) is 29.7 Å². The molecule has 1 saturated carbocycles. The number of carbonyl (C=O) groups excluding carboxylic acids is 2. The van der Waals surface area contributed by atoms with Crippen molar-refractivity contribution in [3.63, 3.8) is 0 Å². The van der Waals surface area contributed by atoms with E-state index in [1.807, 2.05) is 0 Å². The summed E-state index contributed by atoms with van der Waals surface area (Å²) in [7, 11) is 0. The van der Waals surface area contributed by atoms with Gasteiger partial charge in [-0.25, -0.2) is 8.78 Å². The minimum absolute atomic E-state index is 0.0543. The summed E-state index contributed by atoms with van der Waals surface area (Å²) in [5.41, 5.74) is 0.155. The fourth-order valence-corrected chi connectivity index (χ4v) is 2.40. The molecule has 126 valence electrons. The molecule has 0 spiro atoms. The van der Waals surface area contributed by atoms with Gasteiger partial charge in [0.2, 0.25) is 11.8 Å². The summed E-state index contributed by atoms with van der Waals surface area (Å²) in [5, 5.41) is 5.50. The van der Waals surface area contributed by atoms with E-state index in [1.165, 1.54) is 0 Å². The van der Waals surface area contributed by atoms with Crippen molar-refractivity contribution in [1.82, 2.24) is 10.6 Å². The second kappa shape index (κ2) is 8.04. The monoisotopic (exact) mass is 324 g/mol. The molecule has 0 unspecified atom stereocenters. The second-order valence-corrected chi connectivity index (χ2v) is 5.86. The average Bonchev–Trinajstić information content (AvgIpc) is 3.36. The number of hydrogen-bond acceptors (Lipinski definition) is 2. The Hall–Kier alpha value is -1.98. The summed E-state index contributed by atoms with van der Waals surface area (Å²) in [6, 6.07) is 2.67. The van der Waals surface area contributed by atoms with Crippen LogP contribution in [0.2, 0.25) is 0 Å². The second-order valence-electron chi connectivity index (χ2n) is 5.86. The Morgan fingerprint density at radius 3 is 2.70 bits per heavy atom. The zero-order valence-corrected chi connectivity index (χ0v) is 13.2. The average molecular weight is 324 g/mol. The molecule has 1 aliphatic carbocycles. The number of hydrogen-bond donors (Lipinski definition) is 2. The molecule has 6 heteroatoms. The first-order chi connectivity index (χ1) is 11.0. The van der Waals surface area contributed by atoms with Crippen LogP contribution in [0.1, 0.15) is 50.6 Å². The first-order valence-electron chi connectivity index (χ1n) is 8.03. The highest BCUT2D eigenvalue weighted by molar-refractivity contribution is 5.81. The Balaban J connectivity index is 1.77. The zero-order chi connectivity index (χ0) is 16.8. The number of benzene rings is 1. The maximum absolute atomic E-state index is 13.8. The number of carbonyl (C=O) groups is 2. The molecule has 1 aromatic rings. The van der Waals surface area contributed by atoms with E-state index >= 15 is 0 Å². The van der Waals surface area contributed by atoms with Crippen LogP contribution in [-0.2, 0) is 9.59 Å². The molecule has 1 atom stereocenters. The fourth-order valence-electron chi connectivity index (χ4n) is 2.40. The van der Waals surface area contributed by atoms with Crippen molar-refractivity contribution in [3.05, 3.63) is 35.4 Å². The van der Waals surface area contributed by atoms with Gasteiger partial charge in [0.05, 0.1) is 6.04 Å². The van der Waals surface area contributed by atoms with E-state index in [1.54, 1.807) is 6.92 Å². The SMILES string of the molecule is CC[C@@H](NC(=O)CCCNC(=O)C1CC1)c1cc(F)ccc1F. The molecule has 0 aliphatic heterocycles. The van der Waals surface area contributed by atoms with Crippen LogP contribution in [0, 0.1) is 17.6 Å². The lowest BCUT2D eigenvalue weighted by Gasteiger charge is -2.18. The van der Waals surface area contributed by atoms with Crippen molar-refractivity contribution in [2.45, 2.75) is 45.1 Å². The standard InChI is InChI=1S/C17H22F2N2O2/c1-2-15(13-10-12(18)7-8-14(13)19)21-16(22)4-3-9-20-17(23)11-5-6-11/h7-8,10-11,15H,2-6,9H2,1H3,(H,20,23)(H,21,22)/t15-/m1/s1. The largest absolute Gasteiger partial charge is 0.356 e. The van der Waals surface area contributed by atoms with Gasteiger partial charge in [0, 0.05) is 24.4 Å². The third-order valence-electron chi connectivity index (χ3n) is 3.90. The van der Waals surface area contributed by atoms with Crippen molar-refractivity contribution >= 4 is 11.8 Å². The Morgan fingerprint density at radius 1 is 1.30 bits per heavy atom. The molecule has 1 aliphatic rings. The van der Waals surface area contributed by atoms with Crippen molar-refractivity contribution in [3.8, 4) is 0 Å². The van der Waals surface area contributed by atoms with Crippen LogP contribution in [0.3, 0.4) is 0 Å². The highest BCUT2D eigenvalue weighted by atomic mass is 19.1. The molecule has 2 amide bonds. The summed E-state index contributed by atoms with van der Waals surface area (Å²) < 4.78 is 27.0. The third kappa shape index (κ3) is 5.30. The highest BCUT2D eigenvalue weighted by Gasteiger charge is 2.29. The summed E-state index contributed by atoms with van der Waals surface area (Å²) in [4.78, 5) is 23.4. The van der Waals surface area contributed by atoms with Gasteiger partial charge in [0.1, 0.15) is 11.6 Å². The maximum Gasteiger partial charge on any atom is 0.223 e. The van der Waals surface area contributed by atoms with Crippen LogP contribution >= 0.6 is 0 Å². The minimum atomic E-state index is -0.556.